The highest BCUT2D eigenvalue weighted by Gasteiger charge is 2.29. The van der Waals surface area contributed by atoms with Crippen molar-refractivity contribution in [1.29, 1.82) is 0 Å². The van der Waals surface area contributed by atoms with Crippen molar-refractivity contribution in [1.82, 2.24) is 0 Å². The van der Waals surface area contributed by atoms with Crippen LogP contribution in [0.15, 0.2) is 84.9 Å². The molecule has 0 fully saturated rings. The molecule has 1 aliphatic rings. The predicted octanol–water partition coefficient (Wildman–Crippen LogP) is 5.91. The molecule has 4 nitrogen and oxygen atoms in total. The van der Waals surface area contributed by atoms with E-state index in [0.29, 0.717) is 11.1 Å². The summed E-state index contributed by atoms with van der Waals surface area (Å²) in [5, 5.41) is 14.3. The lowest BCUT2D eigenvalue weighted by Gasteiger charge is -2.15. The van der Waals surface area contributed by atoms with E-state index in [9.17, 15) is 9.90 Å². The molecule has 0 spiro atoms. The minimum atomic E-state index is -0.511. The Kier molecular flexibility index (Phi) is 4.17. The number of phenols is 1. The molecule has 2 N–H and O–H groups in total. The molecule has 0 unspecified atom stereocenters. The number of anilines is 1. The van der Waals surface area contributed by atoms with Gasteiger partial charge in [-0.15, -0.1) is 0 Å². The number of ether oxygens (including phenoxy) is 1. The van der Waals surface area contributed by atoms with Crippen molar-refractivity contribution in [2.45, 2.75) is 5.92 Å². The van der Waals surface area contributed by atoms with Gasteiger partial charge >= 0.3 is 6.09 Å². The van der Waals surface area contributed by atoms with Crippen LogP contribution in [0.4, 0.5) is 10.5 Å². The van der Waals surface area contributed by atoms with E-state index in [0.717, 1.165) is 5.39 Å². The molecule has 0 heterocycles. The first kappa shape index (κ1) is 17.3. The summed E-state index contributed by atoms with van der Waals surface area (Å²) >= 11 is 0. The molecule has 4 aromatic carbocycles. The fraction of sp³-hybridized carbons (Fsp3) is 0.0800. The van der Waals surface area contributed by atoms with Gasteiger partial charge in [0.05, 0.1) is 5.69 Å². The summed E-state index contributed by atoms with van der Waals surface area (Å²) in [7, 11) is 0. The largest absolute Gasteiger partial charge is 0.507 e. The number of fused-ring (bicyclic) bond motifs is 4. The summed E-state index contributed by atoms with van der Waals surface area (Å²) in [6, 6.07) is 27.1. The van der Waals surface area contributed by atoms with Crippen molar-refractivity contribution in [3.8, 4) is 16.9 Å². The Hall–Kier alpha value is -3.79. The Bertz CT molecular complexity index is 1190. The molecule has 1 aliphatic carbocycles. The van der Waals surface area contributed by atoms with E-state index in [1.165, 1.54) is 22.3 Å². The van der Waals surface area contributed by atoms with E-state index < -0.39 is 6.09 Å². The predicted molar refractivity (Wildman–Crippen MR) is 114 cm³/mol. The lowest BCUT2D eigenvalue weighted by molar-refractivity contribution is 0.158. The Morgan fingerprint density at radius 2 is 1.41 bits per heavy atom. The van der Waals surface area contributed by atoms with Crippen LogP contribution in [-0.2, 0) is 4.74 Å². The number of nitrogens with one attached hydrogen (secondary N) is 1. The number of hydrogen-bond donors (Lipinski definition) is 2. The van der Waals surface area contributed by atoms with Crippen molar-refractivity contribution >= 4 is 22.6 Å². The molecular weight excluding hydrogens is 362 g/mol. The van der Waals surface area contributed by atoms with Gasteiger partial charge in [-0.3, -0.25) is 5.32 Å². The number of benzene rings is 4. The van der Waals surface area contributed by atoms with Gasteiger partial charge in [0, 0.05) is 16.7 Å². The van der Waals surface area contributed by atoms with Crippen molar-refractivity contribution in [2.75, 3.05) is 11.9 Å². The fourth-order valence-corrected chi connectivity index (χ4v) is 4.15. The van der Waals surface area contributed by atoms with Crippen LogP contribution >= 0.6 is 0 Å². The lowest BCUT2D eigenvalue weighted by Crippen LogP contribution is -2.18. The molecule has 4 aromatic rings. The molecule has 1 amide bonds. The average molecular weight is 381 g/mol. The minimum Gasteiger partial charge on any atom is -0.507 e. The Labute approximate surface area is 168 Å². The van der Waals surface area contributed by atoms with Gasteiger partial charge in [0.15, 0.2) is 0 Å². The Balaban J connectivity index is 1.36. The van der Waals surface area contributed by atoms with Gasteiger partial charge in [-0.25, -0.2) is 4.79 Å². The van der Waals surface area contributed by atoms with E-state index in [1.807, 2.05) is 36.4 Å². The molecule has 5 rings (SSSR count). The number of carbonyl (C=O) groups is 1. The van der Waals surface area contributed by atoms with Gasteiger partial charge in [0.1, 0.15) is 12.4 Å². The van der Waals surface area contributed by atoms with Crippen LogP contribution in [0.2, 0.25) is 0 Å². The lowest BCUT2D eigenvalue weighted by atomic mass is 9.98. The summed E-state index contributed by atoms with van der Waals surface area (Å²) in [6.45, 7) is 0.260. The van der Waals surface area contributed by atoms with E-state index in [1.54, 1.807) is 24.3 Å². The molecule has 0 aromatic heterocycles. The van der Waals surface area contributed by atoms with Gasteiger partial charge in [0.25, 0.3) is 0 Å². The third kappa shape index (κ3) is 2.99. The maximum atomic E-state index is 12.5. The van der Waals surface area contributed by atoms with Crippen LogP contribution in [0.3, 0.4) is 0 Å². The average Bonchev–Trinajstić information content (AvgIpc) is 3.07. The third-order valence-corrected chi connectivity index (χ3v) is 5.48. The van der Waals surface area contributed by atoms with Crippen LogP contribution < -0.4 is 5.32 Å². The van der Waals surface area contributed by atoms with Gasteiger partial charge in [0.2, 0.25) is 0 Å². The molecule has 142 valence electrons. The zero-order valence-corrected chi connectivity index (χ0v) is 15.6. The van der Waals surface area contributed by atoms with Crippen molar-refractivity contribution in [3.63, 3.8) is 0 Å². The standard InChI is InChI=1S/C25H19NO3/c27-24-14-6-11-20-21(24)12-5-13-23(20)26-25(28)29-15-22-18-9-3-1-7-16(18)17-8-2-4-10-19(17)22/h1-14,22,27H,15H2,(H,26,28). The molecule has 0 atom stereocenters. The topological polar surface area (TPSA) is 58.6 Å². The van der Waals surface area contributed by atoms with Crippen molar-refractivity contribution in [3.05, 3.63) is 96.1 Å². The summed E-state index contributed by atoms with van der Waals surface area (Å²) in [5.74, 6) is 0.198. The van der Waals surface area contributed by atoms with Crippen molar-refractivity contribution < 1.29 is 14.6 Å². The Morgan fingerprint density at radius 1 is 0.793 bits per heavy atom. The molecule has 0 aliphatic heterocycles. The number of rotatable bonds is 3. The fourth-order valence-electron chi connectivity index (χ4n) is 4.15. The van der Waals surface area contributed by atoms with Crippen LogP contribution in [0.5, 0.6) is 5.75 Å². The van der Waals surface area contributed by atoms with E-state index in [-0.39, 0.29) is 18.3 Å². The summed E-state index contributed by atoms with van der Waals surface area (Å²) in [5.41, 5.74) is 5.35. The maximum absolute atomic E-state index is 12.5. The van der Waals surface area contributed by atoms with E-state index in [2.05, 4.69) is 29.6 Å². The van der Waals surface area contributed by atoms with Crippen LogP contribution in [0.25, 0.3) is 21.9 Å². The highest BCUT2D eigenvalue weighted by molar-refractivity contribution is 6.02. The first-order valence-electron chi connectivity index (χ1n) is 9.55. The SMILES string of the molecule is O=C(Nc1cccc2c(O)cccc12)OCC1c2ccccc2-c2ccccc21. The number of hydrogen-bond acceptors (Lipinski definition) is 3. The third-order valence-electron chi connectivity index (χ3n) is 5.48. The van der Waals surface area contributed by atoms with Crippen LogP contribution in [0.1, 0.15) is 17.0 Å². The highest BCUT2D eigenvalue weighted by atomic mass is 16.5. The molecular formula is C25H19NO3. The summed E-state index contributed by atoms with van der Waals surface area (Å²) in [4.78, 5) is 12.5. The smallest absolute Gasteiger partial charge is 0.411 e. The molecule has 0 radical (unpaired) electrons. The van der Waals surface area contributed by atoms with Crippen LogP contribution in [-0.4, -0.2) is 17.8 Å². The monoisotopic (exact) mass is 381 g/mol. The van der Waals surface area contributed by atoms with Gasteiger partial charge in [-0.2, -0.15) is 0 Å². The molecule has 29 heavy (non-hydrogen) atoms. The van der Waals surface area contributed by atoms with Crippen molar-refractivity contribution in [2.24, 2.45) is 0 Å². The maximum Gasteiger partial charge on any atom is 0.411 e. The summed E-state index contributed by atoms with van der Waals surface area (Å²) < 4.78 is 5.61. The van der Waals surface area contributed by atoms with Crippen LogP contribution in [0, 0.1) is 0 Å². The number of carbonyl (C=O) groups excluding carboxylic acids is 1. The molecule has 0 bridgehead atoms. The number of phenolic OH excluding ortho intramolecular Hbond substituents is 1. The first-order valence-corrected chi connectivity index (χ1v) is 9.55. The molecule has 0 saturated carbocycles. The van der Waals surface area contributed by atoms with E-state index in [4.69, 9.17) is 4.74 Å². The first-order chi connectivity index (χ1) is 14.2. The normalized spacial score (nSPS) is 12.4. The highest BCUT2D eigenvalue weighted by Crippen LogP contribution is 2.44. The molecule has 0 saturated heterocycles. The zero-order chi connectivity index (χ0) is 19.8. The quantitative estimate of drug-likeness (QED) is 0.464. The zero-order valence-electron chi connectivity index (χ0n) is 15.6. The minimum absolute atomic E-state index is 0.0183. The number of amides is 1. The second-order valence-corrected chi connectivity index (χ2v) is 7.13. The number of aromatic hydroxyl groups is 1. The second kappa shape index (κ2) is 6.99. The van der Waals surface area contributed by atoms with Gasteiger partial charge < -0.3 is 9.84 Å². The van der Waals surface area contributed by atoms with Gasteiger partial charge in [-0.1, -0.05) is 72.8 Å². The van der Waals surface area contributed by atoms with Gasteiger partial charge in [-0.05, 0) is 34.4 Å². The second-order valence-electron chi connectivity index (χ2n) is 7.13. The summed E-state index contributed by atoms with van der Waals surface area (Å²) in [6.07, 6.45) is -0.511. The van der Waals surface area contributed by atoms with E-state index >= 15 is 0 Å². The molecule has 4 heteroatoms. The Morgan fingerprint density at radius 3 is 2.14 bits per heavy atom.